The molecule has 122 valence electrons. The van der Waals surface area contributed by atoms with Gasteiger partial charge in [0.15, 0.2) is 0 Å². The smallest absolute Gasteiger partial charge is 0.325 e. The number of nitrogens with one attached hydrogen (secondary N) is 2. The molecular weight excluding hydrogens is 324 g/mol. The third-order valence-electron chi connectivity index (χ3n) is 3.07. The second-order valence-corrected chi connectivity index (χ2v) is 5.80. The van der Waals surface area contributed by atoms with E-state index in [-0.39, 0.29) is 6.03 Å². The van der Waals surface area contributed by atoms with E-state index in [1.54, 1.807) is 0 Å². The van der Waals surface area contributed by atoms with Crippen LogP contribution in [0, 0.1) is 0 Å². The summed E-state index contributed by atoms with van der Waals surface area (Å²) in [5.41, 5.74) is 1.61. The van der Waals surface area contributed by atoms with Crippen molar-refractivity contribution in [1.82, 2.24) is 10.2 Å². The number of carbonyl (C=O) groups is 1. The minimum absolute atomic E-state index is 0.355. The second-order valence-electron chi connectivity index (χ2n) is 4.82. The first kappa shape index (κ1) is 15.9. The molecule has 6 nitrogen and oxygen atoms in total. The number of hydrogen-bond donors (Lipinski definition) is 2. The van der Waals surface area contributed by atoms with Crippen molar-refractivity contribution in [3.8, 4) is 16.3 Å². The van der Waals surface area contributed by atoms with Crippen LogP contribution in [0.3, 0.4) is 0 Å². The maximum Gasteiger partial charge on any atom is 0.325 e. The zero-order valence-corrected chi connectivity index (χ0v) is 13.8. The monoisotopic (exact) mass is 340 g/mol. The fraction of sp³-hybridized carbons (Fsp3) is 0.118. The van der Waals surface area contributed by atoms with E-state index in [1.807, 2.05) is 61.5 Å². The van der Waals surface area contributed by atoms with Crippen LogP contribution in [0.15, 0.2) is 54.6 Å². The molecule has 2 amide bonds. The molecule has 2 N–H and O–H groups in total. The average Bonchev–Trinajstić information content (AvgIpc) is 3.05. The maximum atomic E-state index is 12.0. The second kappa shape index (κ2) is 7.56. The summed E-state index contributed by atoms with van der Waals surface area (Å²) in [6.07, 6.45) is 0. The fourth-order valence-corrected chi connectivity index (χ4v) is 2.79. The summed E-state index contributed by atoms with van der Waals surface area (Å²) in [5, 5.41) is 14.7. The summed E-state index contributed by atoms with van der Waals surface area (Å²) in [6.45, 7) is 2.54. The standard InChI is InChI=1S/C17H16N4O2S/c1-2-23-14-10-6-7-12(11-14)15-20-21-17(24-15)19-16(22)18-13-8-4-3-5-9-13/h3-11H,2H2,1H3,(H2,18,19,21,22). The summed E-state index contributed by atoms with van der Waals surface area (Å²) in [6, 6.07) is 16.5. The largest absolute Gasteiger partial charge is 0.494 e. The number of aromatic nitrogens is 2. The zero-order valence-electron chi connectivity index (χ0n) is 13.0. The van der Waals surface area contributed by atoms with E-state index < -0.39 is 0 Å². The van der Waals surface area contributed by atoms with Crippen molar-refractivity contribution in [2.75, 3.05) is 17.2 Å². The summed E-state index contributed by atoms with van der Waals surface area (Å²) in [4.78, 5) is 12.0. The molecule has 2 aromatic carbocycles. The predicted octanol–water partition coefficient (Wildman–Crippen LogP) is 4.25. The molecule has 0 saturated carbocycles. The van der Waals surface area contributed by atoms with E-state index in [4.69, 9.17) is 4.74 Å². The molecule has 0 aliphatic heterocycles. The van der Waals surface area contributed by atoms with Crippen LogP contribution in [0.1, 0.15) is 6.92 Å². The molecule has 0 aliphatic carbocycles. The molecule has 0 fully saturated rings. The Hall–Kier alpha value is -2.93. The molecule has 3 aromatic rings. The Labute approximate surface area is 143 Å². The van der Waals surface area contributed by atoms with Crippen LogP contribution in [0.2, 0.25) is 0 Å². The highest BCUT2D eigenvalue weighted by Crippen LogP contribution is 2.28. The number of hydrogen-bond acceptors (Lipinski definition) is 5. The number of benzene rings is 2. The Morgan fingerprint density at radius 1 is 1.08 bits per heavy atom. The van der Waals surface area contributed by atoms with Crippen molar-refractivity contribution < 1.29 is 9.53 Å². The molecular formula is C17H16N4O2S. The Kier molecular flexibility index (Phi) is 5.02. The highest BCUT2D eigenvalue weighted by atomic mass is 32.1. The van der Waals surface area contributed by atoms with Gasteiger partial charge in [-0.25, -0.2) is 4.79 Å². The molecule has 1 heterocycles. The van der Waals surface area contributed by atoms with Crippen molar-refractivity contribution >= 4 is 28.2 Å². The Balaban J connectivity index is 1.67. The first-order valence-corrected chi connectivity index (χ1v) is 8.26. The number of ether oxygens (including phenoxy) is 1. The van der Waals surface area contributed by atoms with Gasteiger partial charge in [-0.3, -0.25) is 5.32 Å². The van der Waals surface area contributed by atoms with Gasteiger partial charge in [0.05, 0.1) is 6.61 Å². The highest BCUT2D eigenvalue weighted by molar-refractivity contribution is 7.18. The molecule has 0 saturated heterocycles. The van der Waals surface area contributed by atoms with Crippen molar-refractivity contribution in [1.29, 1.82) is 0 Å². The van der Waals surface area contributed by atoms with Crippen LogP contribution in [0.5, 0.6) is 5.75 Å². The van der Waals surface area contributed by atoms with E-state index in [0.29, 0.717) is 22.4 Å². The lowest BCUT2D eigenvalue weighted by Gasteiger charge is -2.04. The molecule has 0 bridgehead atoms. The van der Waals surface area contributed by atoms with Gasteiger partial charge in [-0.2, -0.15) is 0 Å². The normalized spacial score (nSPS) is 10.2. The molecule has 24 heavy (non-hydrogen) atoms. The Morgan fingerprint density at radius 2 is 1.92 bits per heavy atom. The molecule has 3 rings (SSSR count). The lowest BCUT2D eigenvalue weighted by molar-refractivity contribution is 0.262. The number of carbonyl (C=O) groups excluding carboxylic acids is 1. The van der Waals surface area contributed by atoms with Gasteiger partial charge in [-0.15, -0.1) is 10.2 Å². The van der Waals surface area contributed by atoms with Crippen LogP contribution in [0.4, 0.5) is 15.6 Å². The van der Waals surface area contributed by atoms with Gasteiger partial charge in [-0.1, -0.05) is 41.7 Å². The van der Waals surface area contributed by atoms with Gasteiger partial charge in [0.1, 0.15) is 10.8 Å². The van der Waals surface area contributed by atoms with Crippen LogP contribution < -0.4 is 15.4 Å². The first-order valence-electron chi connectivity index (χ1n) is 7.44. The third kappa shape index (κ3) is 4.08. The minimum atomic E-state index is -0.355. The number of rotatable bonds is 5. The van der Waals surface area contributed by atoms with Crippen molar-refractivity contribution in [2.45, 2.75) is 6.92 Å². The molecule has 1 aromatic heterocycles. The van der Waals surface area contributed by atoms with Crippen molar-refractivity contribution in [3.63, 3.8) is 0 Å². The minimum Gasteiger partial charge on any atom is -0.494 e. The molecule has 0 spiro atoms. The van der Waals surface area contributed by atoms with E-state index >= 15 is 0 Å². The molecule has 0 atom stereocenters. The van der Waals surface area contributed by atoms with Gasteiger partial charge in [0.25, 0.3) is 0 Å². The lowest BCUT2D eigenvalue weighted by atomic mass is 10.2. The molecule has 0 radical (unpaired) electrons. The summed E-state index contributed by atoms with van der Waals surface area (Å²) >= 11 is 1.30. The summed E-state index contributed by atoms with van der Waals surface area (Å²) in [5.74, 6) is 0.779. The van der Waals surface area contributed by atoms with Gasteiger partial charge in [0, 0.05) is 11.3 Å². The van der Waals surface area contributed by atoms with Crippen LogP contribution in [-0.2, 0) is 0 Å². The van der Waals surface area contributed by atoms with Crippen LogP contribution in [0.25, 0.3) is 10.6 Å². The Morgan fingerprint density at radius 3 is 2.71 bits per heavy atom. The number of para-hydroxylation sites is 1. The summed E-state index contributed by atoms with van der Waals surface area (Å²) < 4.78 is 5.48. The lowest BCUT2D eigenvalue weighted by Crippen LogP contribution is -2.19. The highest BCUT2D eigenvalue weighted by Gasteiger charge is 2.10. The van der Waals surface area contributed by atoms with Gasteiger partial charge in [0.2, 0.25) is 5.13 Å². The van der Waals surface area contributed by atoms with E-state index in [9.17, 15) is 4.79 Å². The number of amides is 2. The predicted molar refractivity (Wildman–Crippen MR) is 95.6 cm³/mol. The number of urea groups is 1. The quantitative estimate of drug-likeness (QED) is 0.728. The van der Waals surface area contributed by atoms with E-state index in [1.165, 1.54) is 11.3 Å². The molecule has 0 aliphatic rings. The molecule has 7 heteroatoms. The van der Waals surface area contributed by atoms with Crippen molar-refractivity contribution in [2.24, 2.45) is 0 Å². The van der Waals surface area contributed by atoms with Gasteiger partial charge < -0.3 is 10.1 Å². The van der Waals surface area contributed by atoms with E-state index in [2.05, 4.69) is 20.8 Å². The number of nitrogens with zero attached hydrogens (tertiary/aromatic N) is 2. The maximum absolute atomic E-state index is 12.0. The van der Waals surface area contributed by atoms with Crippen molar-refractivity contribution in [3.05, 3.63) is 54.6 Å². The number of anilines is 2. The van der Waals surface area contributed by atoms with Crippen LogP contribution >= 0.6 is 11.3 Å². The topological polar surface area (TPSA) is 76.1 Å². The first-order chi connectivity index (χ1) is 11.7. The third-order valence-corrected chi connectivity index (χ3v) is 3.96. The summed E-state index contributed by atoms with van der Waals surface area (Å²) in [7, 11) is 0. The SMILES string of the molecule is CCOc1cccc(-c2nnc(NC(=O)Nc3ccccc3)s2)c1. The van der Waals surface area contributed by atoms with Gasteiger partial charge in [-0.05, 0) is 31.2 Å². The zero-order chi connectivity index (χ0) is 16.8. The fourth-order valence-electron chi connectivity index (χ4n) is 2.06. The molecule has 0 unspecified atom stereocenters. The van der Waals surface area contributed by atoms with Gasteiger partial charge >= 0.3 is 6.03 Å². The van der Waals surface area contributed by atoms with E-state index in [0.717, 1.165) is 11.3 Å². The Bertz CT molecular complexity index is 820. The average molecular weight is 340 g/mol. The van der Waals surface area contributed by atoms with Crippen LogP contribution in [-0.4, -0.2) is 22.8 Å².